The molecule has 6 heteroatoms. The van der Waals surface area contributed by atoms with Gasteiger partial charge in [0.2, 0.25) is 0 Å². The number of nitrogens with one attached hydrogen (secondary N) is 2. The van der Waals surface area contributed by atoms with Crippen LogP contribution in [-0.2, 0) is 0 Å². The molecular weight excluding hydrogens is 312 g/mol. The van der Waals surface area contributed by atoms with Crippen LogP contribution in [0.5, 0.6) is 0 Å². The summed E-state index contributed by atoms with van der Waals surface area (Å²) in [6.45, 7) is 6.47. The standard InChI is InChI=1S/C17H21ClN4O/c1-4-5-8-19-17(23)15-10-16(21-12(3)20-15)22-14-9-13(18)7-6-11(14)2/h6-7,9-10H,4-5,8H2,1-3H3,(H,19,23)(H,20,21,22). The van der Waals surface area contributed by atoms with E-state index in [0.29, 0.717) is 28.9 Å². The highest BCUT2D eigenvalue weighted by Crippen LogP contribution is 2.23. The molecule has 2 aromatic rings. The minimum atomic E-state index is -0.185. The molecule has 122 valence electrons. The van der Waals surface area contributed by atoms with E-state index < -0.39 is 0 Å². The molecule has 0 bridgehead atoms. The van der Waals surface area contributed by atoms with Crippen LogP contribution in [-0.4, -0.2) is 22.4 Å². The molecule has 1 amide bonds. The highest BCUT2D eigenvalue weighted by molar-refractivity contribution is 6.30. The SMILES string of the molecule is CCCCNC(=O)c1cc(Nc2cc(Cl)ccc2C)nc(C)n1. The molecule has 23 heavy (non-hydrogen) atoms. The number of nitrogens with zero attached hydrogens (tertiary/aromatic N) is 2. The van der Waals surface area contributed by atoms with Crippen molar-refractivity contribution in [3.63, 3.8) is 0 Å². The lowest BCUT2D eigenvalue weighted by Gasteiger charge is -2.11. The van der Waals surface area contributed by atoms with Crippen LogP contribution >= 0.6 is 11.6 Å². The van der Waals surface area contributed by atoms with Gasteiger partial charge in [-0.2, -0.15) is 0 Å². The van der Waals surface area contributed by atoms with Gasteiger partial charge >= 0.3 is 0 Å². The summed E-state index contributed by atoms with van der Waals surface area (Å²) in [5, 5.41) is 6.70. The lowest BCUT2D eigenvalue weighted by molar-refractivity contribution is 0.0948. The summed E-state index contributed by atoms with van der Waals surface area (Å²) in [5.41, 5.74) is 2.25. The number of benzene rings is 1. The Hall–Kier alpha value is -2.14. The number of aryl methyl sites for hydroxylation is 2. The fourth-order valence-corrected chi connectivity index (χ4v) is 2.26. The summed E-state index contributed by atoms with van der Waals surface area (Å²) in [5.74, 6) is 0.925. The van der Waals surface area contributed by atoms with E-state index in [9.17, 15) is 4.79 Å². The third-order valence-electron chi connectivity index (χ3n) is 3.35. The van der Waals surface area contributed by atoms with E-state index in [1.165, 1.54) is 0 Å². The minimum absolute atomic E-state index is 0.185. The van der Waals surface area contributed by atoms with Gasteiger partial charge < -0.3 is 10.6 Å². The predicted octanol–water partition coefficient (Wildman–Crippen LogP) is 4.02. The van der Waals surface area contributed by atoms with Gasteiger partial charge in [0.25, 0.3) is 5.91 Å². The summed E-state index contributed by atoms with van der Waals surface area (Å²) in [7, 11) is 0. The second-order valence-corrected chi connectivity index (χ2v) is 5.82. The summed E-state index contributed by atoms with van der Waals surface area (Å²) < 4.78 is 0. The van der Waals surface area contributed by atoms with Gasteiger partial charge in [-0.15, -0.1) is 0 Å². The molecule has 0 fully saturated rings. The maximum Gasteiger partial charge on any atom is 0.270 e. The van der Waals surface area contributed by atoms with Crippen molar-refractivity contribution in [1.29, 1.82) is 0 Å². The van der Waals surface area contributed by atoms with Gasteiger partial charge in [-0.3, -0.25) is 4.79 Å². The Morgan fingerprint density at radius 2 is 2.00 bits per heavy atom. The van der Waals surface area contributed by atoms with Gasteiger partial charge in [-0.05, 0) is 38.0 Å². The fraction of sp³-hybridized carbons (Fsp3) is 0.353. The van der Waals surface area contributed by atoms with E-state index in [1.54, 1.807) is 13.0 Å². The first-order valence-electron chi connectivity index (χ1n) is 7.66. The average molecular weight is 333 g/mol. The molecule has 0 atom stereocenters. The lowest BCUT2D eigenvalue weighted by Crippen LogP contribution is -2.25. The zero-order chi connectivity index (χ0) is 16.8. The zero-order valence-electron chi connectivity index (χ0n) is 13.6. The molecule has 0 unspecified atom stereocenters. The van der Waals surface area contributed by atoms with Gasteiger partial charge in [0.1, 0.15) is 17.3 Å². The number of carbonyl (C=O) groups excluding carboxylic acids is 1. The first kappa shape index (κ1) is 17.2. The Balaban J connectivity index is 2.20. The van der Waals surface area contributed by atoms with Crippen LogP contribution in [0, 0.1) is 13.8 Å². The van der Waals surface area contributed by atoms with Crippen molar-refractivity contribution in [1.82, 2.24) is 15.3 Å². The van der Waals surface area contributed by atoms with Gasteiger partial charge in [-0.1, -0.05) is 31.0 Å². The van der Waals surface area contributed by atoms with Crippen molar-refractivity contribution < 1.29 is 4.79 Å². The van der Waals surface area contributed by atoms with Crippen LogP contribution in [0.3, 0.4) is 0 Å². The van der Waals surface area contributed by atoms with E-state index >= 15 is 0 Å². The van der Waals surface area contributed by atoms with E-state index in [1.807, 2.05) is 25.1 Å². The molecule has 0 aliphatic rings. The zero-order valence-corrected chi connectivity index (χ0v) is 14.4. The molecule has 2 rings (SSSR count). The van der Waals surface area contributed by atoms with Crippen LogP contribution < -0.4 is 10.6 Å². The monoisotopic (exact) mass is 332 g/mol. The molecule has 0 aliphatic carbocycles. The molecule has 5 nitrogen and oxygen atoms in total. The summed E-state index contributed by atoms with van der Waals surface area (Å²) in [6, 6.07) is 7.24. The molecule has 0 radical (unpaired) electrons. The molecule has 2 N–H and O–H groups in total. The fourth-order valence-electron chi connectivity index (χ4n) is 2.08. The second-order valence-electron chi connectivity index (χ2n) is 5.38. The summed E-state index contributed by atoms with van der Waals surface area (Å²) >= 11 is 6.03. The summed E-state index contributed by atoms with van der Waals surface area (Å²) in [6.07, 6.45) is 1.98. The molecule has 1 aromatic heterocycles. The van der Waals surface area contributed by atoms with Gasteiger partial charge in [-0.25, -0.2) is 9.97 Å². The van der Waals surface area contributed by atoms with E-state index in [2.05, 4.69) is 27.5 Å². The van der Waals surface area contributed by atoms with Crippen molar-refractivity contribution >= 4 is 29.0 Å². The normalized spacial score (nSPS) is 10.4. The highest BCUT2D eigenvalue weighted by Gasteiger charge is 2.11. The Labute approximate surface area is 141 Å². The van der Waals surface area contributed by atoms with Gasteiger partial charge in [0.05, 0.1) is 0 Å². The van der Waals surface area contributed by atoms with E-state index in [4.69, 9.17) is 11.6 Å². The predicted molar refractivity (Wildman–Crippen MR) is 93.5 cm³/mol. The number of hydrogen-bond donors (Lipinski definition) is 2. The highest BCUT2D eigenvalue weighted by atomic mass is 35.5. The van der Waals surface area contributed by atoms with Crippen molar-refractivity contribution in [2.75, 3.05) is 11.9 Å². The molecule has 1 aromatic carbocycles. The topological polar surface area (TPSA) is 66.9 Å². The molecule has 0 saturated carbocycles. The van der Waals surface area contributed by atoms with Gasteiger partial charge in [0.15, 0.2) is 0 Å². The maximum atomic E-state index is 12.1. The van der Waals surface area contributed by atoms with Crippen molar-refractivity contribution in [2.45, 2.75) is 33.6 Å². The van der Waals surface area contributed by atoms with Crippen molar-refractivity contribution in [2.24, 2.45) is 0 Å². The largest absolute Gasteiger partial charge is 0.351 e. The number of halogens is 1. The second kappa shape index (κ2) is 7.92. The first-order chi connectivity index (χ1) is 11.0. The first-order valence-corrected chi connectivity index (χ1v) is 8.04. The van der Waals surface area contributed by atoms with Crippen molar-refractivity contribution in [3.8, 4) is 0 Å². The smallest absolute Gasteiger partial charge is 0.270 e. The number of amides is 1. The maximum absolute atomic E-state index is 12.1. The number of rotatable bonds is 6. The van der Waals surface area contributed by atoms with Gasteiger partial charge in [0, 0.05) is 23.3 Å². The van der Waals surface area contributed by atoms with Crippen LogP contribution in [0.4, 0.5) is 11.5 Å². The minimum Gasteiger partial charge on any atom is -0.351 e. The third kappa shape index (κ3) is 4.93. The Morgan fingerprint density at radius 1 is 1.22 bits per heavy atom. The molecule has 0 saturated heterocycles. The third-order valence-corrected chi connectivity index (χ3v) is 3.58. The Kier molecular flexibility index (Phi) is 5.93. The number of aromatic nitrogens is 2. The van der Waals surface area contributed by atoms with Crippen molar-refractivity contribution in [3.05, 3.63) is 46.4 Å². The van der Waals surface area contributed by atoms with Crippen LogP contribution in [0.1, 0.15) is 41.6 Å². The van der Waals surface area contributed by atoms with Crippen LogP contribution in [0.25, 0.3) is 0 Å². The number of carbonyl (C=O) groups is 1. The van der Waals surface area contributed by atoms with E-state index in [0.717, 1.165) is 24.1 Å². The quantitative estimate of drug-likeness (QED) is 0.784. The van der Waals surface area contributed by atoms with Crippen LogP contribution in [0.2, 0.25) is 5.02 Å². The number of hydrogen-bond acceptors (Lipinski definition) is 4. The molecule has 0 aliphatic heterocycles. The number of unbranched alkanes of at least 4 members (excludes halogenated alkanes) is 1. The lowest BCUT2D eigenvalue weighted by atomic mass is 10.2. The Bertz CT molecular complexity index is 703. The molecular formula is C17H21ClN4O. The Morgan fingerprint density at radius 3 is 2.74 bits per heavy atom. The van der Waals surface area contributed by atoms with E-state index in [-0.39, 0.29) is 5.91 Å². The summed E-state index contributed by atoms with van der Waals surface area (Å²) in [4.78, 5) is 20.7. The van der Waals surface area contributed by atoms with Crippen LogP contribution in [0.15, 0.2) is 24.3 Å². The molecule has 0 spiro atoms. The average Bonchev–Trinajstić information content (AvgIpc) is 2.50. The number of anilines is 2. The molecule has 1 heterocycles.